The van der Waals surface area contributed by atoms with Crippen LogP contribution in [0, 0.1) is 5.41 Å². The predicted molar refractivity (Wildman–Crippen MR) is 54.8 cm³/mol. The number of nitrogens with one attached hydrogen (secondary N) is 1. The molecule has 0 aliphatic carbocycles. The van der Waals surface area contributed by atoms with E-state index in [2.05, 4.69) is 0 Å². The Balaban J connectivity index is 2.43. The summed E-state index contributed by atoms with van der Waals surface area (Å²) in [6.45, 7) is 2.70. The highest BCUT2D eigenvalue weighted by Crippen LogP contribution is 2.04. The van der Waals surface area contributed by atoms with Crippen molar-refractivity contribution >= 4 is 15.9 Å². The van der Waals surface area contributed by atoms with Crippen LogP contribution in [0.4, 0.5) is 0 Å². The van der Waals surface area contributed by atoms with Gasteiger partial charge in [-0.05, 0) is 0 Å². The summed E-state index contributed by atoms with van der Waals surface area (Å²) in [5.74, 6) is 0.123. The molecule has 1 aliphatic heterocycles. The molecule has 0 aromatic heterocycles. The molecule has 1 rings (SSSR count). The molecule has 0 aromatic carbocycles. The van der Waals surface area contributed by atoms with Gasteiger partial charge in [0.15, 0.2) is 0 Å². The topological polar surface area (TPSA) is 90.5 Å². The van der Waals surface area contributed by atoms with Gasteiger partial charge in [-0.15, -0.1) is 0 Å². The van der Waals surface area contributed by atoms with Crippen LogP contribution in [-0.2, 0) is 10.0 Å². The minimum absolute atomic E-state index is 0.123. The Morgan fingerprint density at radius 1 is 1.36 bits per heavy atom. The standard InChI is InChI=1S/C7H16N4O2S/c1-14(12,13)11-4-2-10(3-5-11)6-7(8)9/h2-6H2,1H3,(H3,8,9). The van der Waals surface area contributed by atoms with Crippen LogP contribution in [0.2, 0.25) is 0 Å². The molecule has 1 aliphatic rings. The van der Waals surface area contributed by atoms with E-state index in [1.54, 1.807) is 0 Å². The van der Waals surface area contributed by atoms with Crippen LogP contribution >= 0.6 is 0 Å². The summed E-state index contributed by atoms with van der Waals surface area (Å²) < 4.78 is 23.8. The lowest BCUT2D eigenvalue weighted by Crippen LogP contribution is -2.50. The van der Waals surface area contributed by atoms with E-state index in [-0.39, 0.29) is 5.84 Å². The van der Waals surface area contributed by atoms with Crippen molar-refractivity contribution in [1.82, 2.24) is 9.21 Å². The Bertz CT molecular complexity index is 306. The quantitative estimate of drug-likeness (QED) is 0.447. The molecular formula is C7H16N4O2S. The molecule has 7 heteroatoms. The molecule has 82 valence electrons. The Hall–Kier alpha value is -0.660. The number of nitrogens with zero attached hydrogens (tertiary/aromatic N) is 2. The van der Waals surface area contributed by atoms with E-state index in [0.717, 1.165) is 0 Å². The first-order chi connectivity index (χ1) is 6.39. The van der Waals surface area contributed by atoms with E-state index in [4.69, 9.17) is 11.1 Å². The van der Waals surface area contributed by atoms with Crippen LogP contribution in [0.25, 0.3) is 0 Å². The lowest BCUT2D eigenvalue weighted by atomic mass is 10.3. The van der Waals surface area contributed by atoms with Crippen LogP contribution in [0.3, 0.4) is 0 Å². The van der Waals surface area contributed by atoms with Gasteiger partial charge in [-0.1, -0.05) is 0 Å². The van der Waals surface area contributed by atoms with Crippen LogP contribution in [0.1, 0.15) is 0 Å². The number of nitrogens with two attached hydrogens (primary N) is 1. The van der Waals surface area contributed by atoms with Crippen molar-refractivity contribution in [3.8, 4) is 0 Å². The number of sulfonamides is 1. The minimum atomic E-state index is -3.06. The smallest absolute Gasteiger partial charge is 0.211 e. The fourth-order valence-corrected chi connectivity index (χ4v) is 2.29. The van der Waals surface area contributed by atoms with Crippen molar-refractivity contribution in [2.24, 2.45) is 5.73 Å². The highest BCUT2D eigenvalue weighted by molar-refractivity contribution is 7.88. The number of amidine groups is 1. The molecule has 0 unspecified atom stereocenters. The molecule has 1 fully saturated rings. The van der Waals surface area contributed by atoms with Crippen LogP contribution < -0.4 is 5.73 Å². The molecule has 0 spiro atoms. The summed E-state index contributed by atoms with van der Waals surface area (Å²) in [7, 11) is -3.06. The van der Waals surface area contributed by atoms with Crippen molar-refractivity contribution in [2.45, 2.75) is 0 Å². The maximum atomic E-state index is 11.2. The molecule has 0 amide bonds. The third-order valence-corrected chi connectivity index (χ3v) is 3.50. The highest BCUT2D eigenvalue weighted by atomic mass is 32.2. The number of hydrogen-bond acceptors (Lipinski definition) is 4. The summed E-state index contributed by atoms with van der Waals surface area (Å²) in [4.78, 5) is 1.98. The zero-order valence-electron chi connectivity index (χ0n) is 8.23. The van der Waals surface area contributed by atoms with Gasteiger partial charge in [0.25, 0.3) is 0 Å². The average molecular weight is 220 g/mol. The normalized spacial score (nSPS) is 20.9. The highest BCUT2D eigenvalue weighted by Gasteiger charge is 2.23. The molecule has 3 N–H and O–H groups in total. The van der Waals surface area contributed by atoms with Crippen LogP contribution in [0.5, 0.6) is 0 Å². The van der Waals surface area contributed by atoms with E-state index in [1.807, 2.05) is 4.90 Å². The van der Waals surface area contributed by atoms with Crippen molar-refractivity contribution < 1.29 is 8.42 Å². The molecule has 0 bridgehead atoms. The maximum Gasteiger partial charge on any atom is 0.211 e. The Kier molecular flexibility index (Phi) is 3.46. The van der Waals surface area contributed by atoms with Crippen LogP contribution in [-0.4, -0.2) is 62.4 Å². The zero-order valence-corrected chi connectivity index (χ0v) is 9.05. The summed E-state index contributed by atoms with van der Waals surface area (Å²) in [6, 6.07) is 0. The fourth-order valence-electron chi connectivity index (χ4n) is 1.46. The average Bonchev–Trinajstić information content (AvgIpc) is 2.02. The summed E-state index contributed by atoms with van der Waals surface area (Å²) in [5, 5.41) is 7.11. The van der Waals surface area contributed by atoms with Crippen molar-refractivity contribution in [3.05, 3.63) is 0 Å². The van der Waals surface area contributed by atoms with Gasteiger partial charge in [-0.3, -0.25) is 10.3 Å². The molecule has 0 atom stereocenters. The van der Waals surface area contributed by atoms with Gasteiger partial charge in [0.1, 0.15) is 5.84 Å². The molecule has 0 saturated carbocycles. The summed E-state index contributed by atoms with van der Waals surface area (Å²) >= 11 is 0. The number of piperazine rings is 1. The molecule has 14 heavy (non-hydrogen) atoms. The predicted octanol–water partition coefficient (Wildman–Crippen LogP) is -1.50. The third kappa shape index (κ3) is 3.24. The van der Waals surface area contributed by atoms with Gasteiger partial charge in [0, 0.05) is 26.2 Å². The van der Waals surface area contributed by atoms with Gasteiger partial charge in [0.05, 0.1) is 12.8 Å². The van der Waals surface area contributed by atoms with E-state index in [1.165, 1.54) is 10.6 Å². The molecule has 0 aromatic rings. The van der Waals surface area contributed by atoms with Crippen molar-refractivity contribution in [3.63, 3.8) is 0 Å². The second-order valence-electron chi connectivity index (χ2n) is 3.46. The van der Waals surface area contributed by atoms with Gasteiger partial charge < -0.3 is 5.73 Å². The molecular weight excluding hydrogens is 204 g/mol. The van der Waals surface area contributed by atoms with Crippen molar-refractivity contribution in [2.75, 3.05) is 39.0 Å². The fraction of sp³-hybridized carbons (Fsp3) is 0.857. The van der Waals surface area contributed by atoms with E-state index < -0.39 is 10.0 Å². The summed E-state index contributed by atoms with van der Waals surface area (Å²) in [6.07, 6.45) is 1.22. The largest absolute Gasteiger partial charge is 0.387 e. The van der Waals surface area contributed by atoms with Gasteiger partial charge >= 0.3 is 0 Å². The van der Waals surface area contributed by atoms with E-state index >= 15 is 0 Å². The molecule has 6 nitrogen and oxygen atoms in total. The van der Waals surface area contributed by atoms with Crippen molar-refractivity contribution in [1.29, 1.82) is 5.41 Å². The monoisotopic (exact) mass is 220 g/mol. The van der Waals surface area contributed by atoms with E-state index in [0.29, 0.717) is 32.7 Å². The van der Waals surface area contributed by atoms with E-state index in [9.17, 15) is 8.42 Å². The second kappa shape index (κ2) is 4.24. The minimum Gasteiger partial charge on any atom is -0.387 e. The first-order valence-electron chi connectivity index (χ1n) is 4.40. The molecule has 1 saturated heterocycles. The lowest BCUT2D eigenvalue weighted by molar-refractivity contribution is 0.209. The first kappa shape index (κ1) is 11.4. The summed E-state index contributed by atoms with van der Waals surface area (Å²) in [5.41, 5.74) is 5.25. The third-order valence-electron chi connectivity index (χ3n) is 2.19. The Morgan fingerprint density at radius 3 is 2.21 bits per heavy atom. The first-order valence-corrected chi connectivity index (χ1v) is 6.25. The van der Waals surface area contributed by atoms with Gasteiger partial charge in [-0.25, -0.2) is 8.42 Å². The SMILES string of the molecule is CS(=O)(=O)N1CCN(CC(=N)N)CC1. The molecule has 0 radical (unpaired) electrons. The van der Waals surface area contributed by atoms with Gasteiger partial charge in [-0.2, -0.15) is 4.31 Å². The second-order valence-corrected chi connectivity index (χ2v) is 5.45. The van der Waals surface area contributed by atoms with Gasteiger partial charge in [0.2, 0.25) is 10.0 Å². The molecule has 1 heterocycles. The lowest BCUT2D eigenvalue weighted by Gasteiger charge is -2.32. The Morgan fingerprint density at radius 2 is 1.86 bits per heavy atom. The zero-order chi connectivity index (χ0) is 10.8. The Labute approximate surface area is 84.2 Å². The number of rotatable bonds is 3. The number of hydrogen-bond donors (Lipinski definition) is 2. The van der Waals surface area contributed by atoms with Crippen LogP contribution in [0.15, 0.2) is 0 Å². The maximum absolute atomic E-state index is 11.2.